The van der Waals surface area contributed by atoms with E-state index < -0.39 is 0 Å². The number of nitrogens with zero attached hydrogens (tertiary/aromatic N) is 1. The monoisotopic (exact) mass is 269 g/mol. The quantitative estimate of drug-likeness (QED) is 0.484. The van der Waals surface area contributed by atoms with Gasteiger partial charge in [0.25, 0.3) is 0 Å². The van der Waals surface area contributed by atoms with E-state index in [4.69, 9.17) is 10.00 Å². The van der Waals surface area contributed by atoms with E-state index in [9.17, 15) is 4.79 Å². The smallest absolute Gasteiger partial charge is 0.203 e. The molecule has 94 valence electrons. The minimum Gasteiger partial charge on any atom is -0.497 e. The van der Waals surface area contributed by atoms with Gasteiger partial charge < -0.3 is 4.74 Å². The van der Waals surface area contributed by atoms with Crippen molar-refractivity contribution < 1.29 is 9.53 Å². The molecule has 0 aliphatic carbocycles. The van der Waals surface area contributed by atoms with Crippen LogP contribution < -0.4 is 4.74 Å². The summed E-state index contributed by atoms with van der Waals surface area (Å²) in [5.74, 6) is 0.399. The molecule has 1 aromatic carbocycles. The maximum Gasteiger partial charge on any atom is 0.203 e. The van der Waals surface area contributed by atoms with Crippen molar-refractivity contribution in [2.75, 3.05) is 7.11 Å². The van der Waals surface area contributed by atoms with Crippen LogP contribution in [0.4, 0.5) is 0 Å². The van der Waals surface area contributed by atoms with Crippen molar-refractivity contribution in [1.82, 2.24) is 0 Å². The summed E-state index contributed by atoms with van der Waals surface area (Å²) in [7, 11) is 1.56. The van der Waals surface area contributed by atoms with E-state index in [1.807, 2.05) is 23.6 Å². The molecule has 0 saturated heterocycles. The van der Waals surface area contributed by atoms with Gasteiger partial charge in [-0.25, -0.2) is 0 Å². The minimum absolute atomic E-state index is 0.132. The fourth-order valence-corrected chi connectivity index (χ4v) is 2.22. The Morgan fingerprint density at radius 2 is 2.05 bits per heavy atom. The number of benzene rings is 1. The molecule has 0 spiro atoms. The van der Waals surface area contributed by atoms with Crippen molar-refractivity contribution in [3.05, 3.63) is 57.8 Å². The Bertz CT molecular complexity index is 634. The number of nitriles is 1. The lowest BCUT2D eigenvalue weighted by Crippen LogP contribution is -2.01. The number of hydrogen-bond donors (Lipinski definition) is 0. The molecule has 19 heavy (non-hydrogen) atoms. The average molecular weight is 269 g/mol. The van der Waals surface area contributed by atoms with Gasteiger partial charge in [0.15, 0.2) is 0 Å². The van der Waals surface area contributed by atoms with E-state index >= 15 is 0 Å². The van der Waals surface area contributed by atoms with Crippen molar-refractivity contribution in [2.24, 2.45) is 0 Å². The first kappa shape index (κ1) is 13.1. The van der Waals surface area contributed by atoms with E-state index in [1.165, 1.54) is 11.3 Å². The Morgan fingerprint density at radius 1 is 1.32 bits per heavy atom. The fourth-order valence-electron chi connectivity index (χ4n) is 1.56. The molecule has 0 fully saturated rings. The lowest BCUT2D eigenvalue weighted by molar-refractivity contribution is 0.104. The maximum atomic E-state index is 12.2. The number of allylic oxidation sites excluding steroid dienone is 1. The minimum atomic E-state index is -0.279. The highest BCUT2D eigenvalue weighted by atomic mass is 32.1. The number of methoxy groups -OCH3 is 1. The number of carbonyl (C=O) groups excluding carboxylic acids is 1. The third kappa shape index (κ3) is 3.09. The number of carbonyl (C=O) groups is 1. The summed E-state index contributed by atoms with van der Waals surface area (Å²) < 4.78 is 5.03. The van der Waals surface area contributed by atoms with Crippen LogP contribution in [0.2, 0.25) is 0 Å². The number of rotatable bonds is 4. The van der Waals surface area contributed by atoms with E-state index in [2.05, 4.69) is 0 Å². The van der Waals surface area contributed by atoms with Crippen LogP contribution in [0.3, 0.4) is 0 Å². The highest BCUT2D eigenvalue weighted by molar-refractivity contribution is 7.10. The van der Waals surface area contributed by atoms with Gasteiger partial charge in [-0.1, -0.05) is 6.07 Å². The van der Waals surface area contributed by atoms with Crippen LogP contribution in [0.5, 0.6) is 5.75 Å². The van der Waals surface area contributed by atoms with Gasteiger partial charge in [0.1, 0.15) is 17.4 Å². The molecule has 4 heteroatoms. The summed E-state index contributed by atoms with van der Waals surface area (Å²) in [5, 5.41) is 11.0. The normalized spacial score (nSPS) is 10.8. The first-order valence-electron chi connectivity index (χ1n) is 5.58. The van der Waals surface area contributed by atoms with Crippen molar-refractivity contribution in [3.8, 4) is 11.8 Å². The van der Waals surface area contributed by atoms with Crippen LogP contribution in [0, 0.1) is 11.3 Å². The van der Waals surface area contributed by atoms with E-state index in [-0.39, 0.29) is 11.4 Å². The molecule has 0 atom stereocenters. The summed E-state index contributed by atoms with van der Waals surface area (Å²) in [6.45, 7) is 0. The predicted molar refractivity (Wildman–Crippen MR) is 75.2 cm³/mol. The molecular formula is C15H11NO2S. The topological polar surface area (TPSA) is 50.1 Å². The molecule has 1 heterocycles. The standard InChI is InChI=1S/C15H11NO2S/c1-18-13-6-4-11(5-7-13)15(17)12(10-16)9-14-3-2-8-19-14/h2-9H,1H3. The molecule has 0 bridgehead atoms. The molecule has 2 aromatic rings. The van der Waals surface area contributed by atoms with Crippen LogP contribution in [-0.2, 0) is 0 Å². The second kappa shape index (κ2) is 5.98. The third-order valence-electron chi connectivity index (χ3n) is 2.55. The van der Waals surface area contributed by atoms with Crippen LogP contribution in [0.25, 0.3) is 6.08 Å². The highest BCUT2D eigenvalue weighted by Crippen LogP contribution is 2.18. The van der Waals surface area contributed by atoms with Gasteiger partial charge in [0, 0.05) is 10.4 Å². The second-order valence-corrected chi connectivity index (χ2v) is 4.72. The number of ether oxygens (including phenoxy) is 1. The molecule has 0 aliphatic rings. The molecule has 0 radical (unpaired) electrons. The Hall–Kier alpha value is -2.38. The zero-order valence-corrected chi connectivity index (χ0v) is 11.1. The Labute approximate surface area is 115 Å². The van der Waals surface area contributed by atoms with Gasteiger partial charge in [0.2, 0.25) is 5.78 Å². The molecule has 1 aromatic heterocycles. The zero-order chi connectivity index (χ0) is 13.7. The van der Waals surface area contributed by atoms with Gasteiger partial charge in [-0.2, -0.15) is 5.26 Å². The Kier molecular flexibility index (Phi) is 4.11. The summed E-state index contributed by atoms with van der Waals surface area (Å²) in [5.41, 5.74) is 0.609. The Balaban J connectivity index is 2.28. The second-order valence-electron chi connectivity index (χ2n) is 3.74. The lowest BCUT2D eigenvalue weighted by atomic mass is 10.0. The summed E-state index contributed by atoms with van der Waals surface area (Å²) in [6.07, 6.45) is 1.61. The highest BCUT2D eigenvalue weighted by Gasteiger charge is 2.12. The summed E-state index contributed by atoms with van der Waals surface area (Å²) in [4.78, 5) is 13.1. The van der Waals surface area contributed by atoms with Crippen molar-refractivity contribution in [1.29, 1.82) is 5.26 Å². The molecule has 2 rings (SSSR count). The van der Waals surface area contributed by atoms with Gasteiger partial charge in [-0.05, 0) is 41.8 Å². The molecule has 0 unspecified atom stereocenters. The van der Waals surface area contributed by atoms with Crippen LogP contribution in [0.15, 0.2) is 47.4 Å². The van der Waals surface area contributed by atoms with Gasteiger partial charge >= 0.3 is 0 Å². The molecular weight excluding hydrogens is 258 g/mol. The first-order valence-corrected chi connectivity index (χ1v) is 6.46. The first-order chi connectivity index (χ1) is 9.24. The van der Waals surface area contributed by atoms with Crippen molar-refractivity contribution in [2.45, 2.75) is 0 Å². The molecule has 3 nitrogen and oxygen atoms in total. The molecule has 0 amide bonds. The zero-order valence-electron chi connectivity index (χ0n) is 10.3. The third-order valence-corrected chi connectivity index (χ3v) is 3.37. The summed E-state index contributed by atoms with van der Waals surface area (Å²) in [6, 6.07) is 12.4. The Morgan fingerprint density at radius 3 is 2.58 bits per heavy atom. The number of Topliss-reactive ketones (excluding diaryl/α,β-unsaturated/α-hetero) is 1. The van der Waals surface area contributed by atoms with E-state index in [0.717, 1.165) is 4.88 Å². The van der Waals surface area contributed by atoms with Crippen LogP contribution in [-0.4, -0.2) is 12.9 Å². The molecule has 0 aliphatic heterocycles. The van der Waals surface area contributed by atoms with Crippen LogP contribution >= 0.6 is 11.3 Å². The number of thiophene rings is 1. The largest absolute Gasteiger partial charge is 0.497 e. The number of ketones is 1. The van der Waals surface area contributed by atoms with Crippen molar-refractivity contribution in [3.63, 3.8) is 0 Å². The van der Waals surface area contributed by atoms with Gasteiger partial charge in [-0.3, -0.25) is 4.79 Å². The van der Waals surface area contributed by atoms with E-state index in [0.29, 0.717) is 11.3 Å². The van der Waals surface area contributed by atoms with Gasteiger partial charge in [0.05, 0.1) is 7.11 Å². The molecule has 0 saturated carbocycles. The van der Waals surface area contributed by atoms with Crippen molar-refractivity contribution >= 4 is 23.2 Å². The maximum absolute atomic E-state index is 12.2. The number of hydrogen-bond acceptors (Lipinski definition) is 4. The summed E-state index contributed by atoms with van der Waals surface area (Å²) >= 11 is 1.49. The predicted octanol–water partition coefficient (Wildman–Crippen LogP) is 3.55. The average Bonchev–Trinajstić information content (AvgIpc) is 2.97. The SMILES string of the molecule is COc1ccc(C(=O)C(C#N)=Cc2cccs2)cc1. The molecule has 0 N–H and O–H groups in total. The van der Waals surface area contributed by atoms with E-state index in [1.54, 1.807) is 37.5 Å². The fraction of sp³-hybridized carbons (Fsp3) is 0.0667. The lowest BCUT2D eigenvalue weighted by Gasteiger charge is -2.01. The van der Waals surface area contributed by atoms with Gasteiger partial charge in [-0.15, -0.1) is 11.3 Å². The van der Waals surface area contributed by atoms with Crippen LogP contribution in [0.1, 0.15) is 15.2 Å².